The lowest BCUT2D eigenvalue weighted by atomic mass is 10.1. The maximum atomic E-state index is 10.7. The Balaban J connectivity index is 3.45. The van der Waals surface area contributed by atoms with E-state index in [1.165, 1.54) is 0 Å². The molecule has 0 aliphatic rings. The highest BCUT2D eigenvalue weighted by atomic mass is 16.5. The van der Waals surface area contributed by atoms with Crippen molar-refractivity contribution >= 4 is 5.97 Å². The van der Waals surface area contributed by atoms with E-state index in [0.29, 0.717) is 6.42 Å². The van der Waals surface area contributed by atoms with Gasteiger partial charge in [0.1, 0.15) is 0 Å². The molecule has 0 saturated carbocycles. The Hall–Kier alpha value is -1.22. The fourth-order valence-electron chi connectivity index (χ4n) is 0.519. The number of rotatable bonds is 4. The zero-order chi connectivity index (χ0) is 8.69. The Kier molecular flexibility index (Phi) is 4.94. The molecule has 0 atom stereocenters. The van der Waals surface area contributed by atoms with Crippen LogP contribution >= 0.6 is 0 Å². The smallest absolute Gasteiger partial charge is 0.306 e. The highest BCUT2D eigenvalue weighted by molar-refractivity contribution is 5.69. The third-order valence-corrected chi connectivity index (χ3v) is 0.921. The summed E-state index contributed by atoms with van der Waals surface area (Å²) in [7, 11) is 0. The number of hydrogen-bond acceptors (Lipinski definition) is 3. The predicted molar refractivity (Wildman–Crippen MR) is 39.6 cm³/mol. The highest BCUT2D eigenvalue weighted by Crippen LogP contribution is 2.00. The van der Waals surface area contributed by atoms with E-state index >= 15 is 0 Å². The first-order valence-electron chi connectivity index (χ1n) is 3.33. The van der Waals surface area contributed by atoms with Crippen LogP contribution < -0.4 is 0 Å². The highest BCUT2D eigenvalue weighted by Gasteiger charge is 2.03. The van der Waals surface area contributed by atoms with Crippen molar-refractivity contribution in [1.82, 2.24) is 0 Å². The van der Waals surface area contributed by atoms with Crippen molar-refractivity contribution in [2.45, 2.75) is 20.3 Å². The second kappa shape index (κ2) is 5.56. The van der Waals surface area contributed by atoms with E-state index in [-0.39, 0.29) is 18.6 Å². The Morgan fingerprint density at radius 3 is 2.82 bits per heavy atom. The lowest BCUT2D eigenvalue weighted by Gasteiger charge is -2.02. The van der Waals surface area contributed by atoms with E-state index in [9.17, 15) is 4.79 Å². The van der Waals surface area contributed by atoms with Crippen molar-refractivity contribution < 1.29 is 9.53 Å². The van der Waals surface area contributed by atoms with Crippen molar-refractivity contribution in [2.75, 3.05) is 6.73 Å². The summed E-state index contributed by atoms with van der Waals surface area (Å²) in [5, 5.41) is 3.06. The Morgan fingerprint density at radius 2 is 2.36 bits per heavy atom. The first-order chi connectivity index (χ1) is 5.16. The largest absolute Gasteiger partial charge is 0.460 e. The van der Waals surface area contributed by atoms with Gasteiger partial charge in [-0.25, -0.2) is 0 Å². The Bertz CT molecular complexity index is 173. The van der Waals surface area contributed by atoms with E-state index in [0.717, 1.165) is 0 Å². The summed E-state index contributed by atoms with van der Waals surface area (Å²) >= 11 is 0. The zero-order valence-electron chi connectivity index (χ0n) is 6.65. The Morgan fingerprint density at radius 1 is 1.73 bits per heavy atom. The molecule has 62 valence electrons. The molecule has 11 heavy (non-hydrogen) atoms. The van der Waals surface area contributed by atoms with Crippen LogP contribution in [-0.2, 0) is 9.53 Å². The Labute approximate surface area is 65.0 Å². The van der Waals surface area contributed by atoms with Crippen molar-refractivity contribution in [2.24, 2.45) is 11.0 Å². The molecule has 5 nitrogen and oxygen atoms in total. The van der Waals surface area contributed by atoms with Crippen LogP contribution in [0.4, 0.5) is 0 Å². The summed E-state index contributed by atoms with van der Waals surface area (Å²) in [5.41, 5.74) is 7.83. The molecule has 0 unspecified atom stereocenters. The van der Waals surface area contributed by atoms with Crippen molar-refractivity contribution in [1.29, 1.82) is 0 Å². The van der Waals surface area contributed by atoms with Crippen LogP contribution in [0.3, 0.4) is 0 Å². The molecule has 0 rings (SSSR count). The average molecular weight is 157 g/mol. The van der Waals surface area contributed by atoms with Crippen LogP contribution in [-0.4, -0.2) is 12.7 Å². The van der Waals surface area contributed by atoms with Gasteiger partial charge in [0, 0.05) is 11.3 Å². The molecule has 0 aromatic carbocycles. The molecule has 0 amide bonds. The monoisotopic (exact) mass is 157 g/mol. The van der Waals surface area contributed by atoms with E-state index in [1.54, 1.807) is 0 Å². The maximum absolute atomic E-state index is 10.7. The van der Waals surface area contributed by atoms with Crippen LogP contribution in [0.5, 0.6) is 0 Å². The quantitative estimate of drug-likeness (QED) is 0.270. The number of carbonyl (C=O) groups is 1. The molecule has 0 aromatic rings. The van der Waals surface area contributed by atoms with Crippen molar-refractivity contribution in [3.05, 3.63) is 10.4 Å². The summed E-state index contributed by atoms with van der Waals surface area (Å²) in [6.45, 7) is 3.62. The van der Waals surface area contributed by atoms with Crippen LogP contribution in [0, 0.1) is 5.92 Å². The fourth-order valence-corrected chi connectivity index (χ4v) is 0.519. The molecule has 0 radical (unpaired) electrons. The number of esters is 1. The fraction of sp³-hybridized carbons (Fsp3) is 0.833. The van der Waals surface area contributed by atoms with Gasteiger partial charge >= 0.3 is 5.97 Å². The lowest BCUT2D eigenvalue weighted by Crippen LogP contribution is -2.07. The molecule has 0 bridgehead atoms. The van der Waals surface area contributed by atoms with Crippen LogP contribution in [0.2, 0.25) is 0 Å². The first kappa shape index (κ1) is 9.78. The maximum Gasteiger partial charge on any atom is 0.306 e. The van der Waals surface area contributed by atoms with Gasteiger partial charge in [0.05, 0.1) is 0 Å². The van der Waals surface area contributed by atoms with Gasteiger partial charge in [0.25, 0.3) is 0 Å². The van der Waals surface area contributed by atoms with Crippen molar-refractivity contribution in [3.8, 4) is 0 Å². The normalized spacial score (nSPS) is 9.00. The van der Waals surface area contributed by atoms with Gasteiger partial charge in [-0.1, -0.05) is 19.0 Å². The predicted octanol–water partition coefficient (Wildman–Crippen LogP) is 1.84. The van der Waals surface area contributed by atoms with Gasteiger partial charge in [0.15, 0.2) is 6.73 Å². The molecule has 0 saturated heterocycles. The molecular weight excluding hydrogens is 146 g/mol. The summed E-state index contributed by atoms with van der Waals surface area (Å²) in [6, 6.07) is 0. The van der Waals surface area contributed by atoms with Crippen LogP contribution in [0.15, 0.2) is 5.11 Å². The lowest BCUT2D eigenvalue weighted by molar-refractivity contribution is -0.144. The molecular formula is C6H11N3O2. The minimum absolute atomic E-state index is 0.206. The molecule has 5 heteroatoms. The molecule has 0 aliphatic carbocycles. The SMILES string of the molecule is CC(C)CC(=O)OCN=[N+]=[N-]. The minimum Gasteiger partial charge on any atom is -0.460 e. The minimum atomic E-state index is -0.326. The van der Waals surface area contributed by atoms with Crippen LogP contribution in [0.1, 0.15) is 20.3 Å². The summed E-state index contributed by atoms with van der Waals surface area (Å²) < 4.78 is 4.53. The standard InChI is InChI=1S/C6H11N3O2/c1-5(2)3-6(10)11-4-8-9-7/h5H,3-4H2,1-2H3. The number of hydrogen-bond donors (Lipinski definition) is 0. The first-order valence-corrected chi connectivity index (χ1v) is 3.33. The second-order valence-electron chi connectivity index (χ2n) is 2.47. The average Bonchev–Trinajstić information content (AvgIpc) is 1.86. The van der Waals surface area contributed by atoms with Gasteiger partial charge in [-0.2, -0.15) is 0 Å². The van der Waals surface area contributed by atoms with E-state index in [1.807, 2.05) is 13.8 Å². The molecule has 0 heterocycles. The van der Waals surface area contributed by atoms with Gasteiger partial charge in [0.2, 0.25) is 0 Å². The topological polar surface area (TPSA) is 75.1 Å². The van der Waals surface area contributed by atoms with Gasteiger partial charge in [-0.05, 0) is 11.4 Å². The van der Waals surface area contributed by atoms with E-state index in [2.05, 4.69) is 14.8 Å². The molecule has 0 N–H and O–H groups in total. The molecule has 0 aliphatic heterocycles. The third-order valence-electron chi connectivity index (χ3n) is 0.921. The summed E-state index contributed by atoms with van der Waals surface area (Å²) in [6.07, 6.45) is 0.362. The number of carbonyl (C=O) groups excluding carboxylic acids is 1. The van der Waals surface area contributed by atoms with Gasteiger partial charge in [-0.3, -0.25) is 4.79 Å². The number of nitrogens with zero attached hydrogens (tertiary/aromatic N) is 3. The second-order valence-corrected chi connectivity index (χ2v) is 2.47. The van der Waals surface area contributed by atoms with E-state index < -0.39 is 0 Å². The number of azide groups is 1. The van der Waals surface area contributed by atoms with Crippen LogP contribution in [0.25, 0.3) is 10.4 Å². The summed E-state index contributed by atoms with van der Waals surface area (Å²) in [4.78, 5) is 13.2. The van der Waals surface area contributed by atoms with Crippen molar-refractivity contribution in [3.63, 3.8) is 0 Å². The van der Waals surface area contributed by atoms with E-state index in [4.69, 9.17) is 5.53 Å². The zero-order valence-corrected chi connectivity index (χ0v) is 6.65. The summed E-state index contributed by atoms with van der Waals surface area (Å²) in [5.74, 6) is -0.0547. The number of ether oxygens (including phenoxy) is 1. The van der Waals surface area contributed by atoms with Gasteiger partial charge in [-0.15, -0.1) is 0 Å². The molecule has 0 fully saturated rings. The third kappa shape index (κ3) is 6.67. The molecule has 0 spiro atoms. The molecule has 0 aromatic heterocycles. The van der Waals surface area contributed by atoms with Gasteiger partial charge < -0.3 is 4.74 Å².